The van der Waals surface area contributed by atoms with Crippen LogP contribution in [-0.2, 0) is 6.42 Å². The van der Waals surface area contributed by atoms with E-state index in [9.17, 15) is 0 Å². The van der Waals surface area contributed by atoms with Gasteiger partial charge in [-0.25, -0.2) is 4.98 Å². The molecule has 0 saturated carbocycles. The van der Waals surface area contributed by atoms with Gasteiger partial charge in [0.05, 0.1) is 10.7 Å². The van der Waals surface area contributed by atoms with Crippen LogP contribution in [-0.4, -0.2) is 4.98 Å². The van der Waals surface area contributed by atoms with Crippen LogP contribution in [0.1, 0.15) is 16.1 Å². The fourth-order valence-electron chi connectivity index (χ4n) is 2.17. The summed E-state index contributed by atoms with van der Waals surface area (Å²) in [5.41, 5.74) is 11.4. The van der Waals surface area contributed by atoms with Crippen molar-refractivity contribution < 1.29 is 0 Å². The third-order valence-electron chi connectivity index (χ3n) is 3.26. The van der Waals surface area contributed by atoms with Gasteiger partial charge in [-0.3, -0.25) is 0 Å². The Labute approximate surface area is 122 Å². The summed E-state index contributed by atoms with van der Waals surface area (Å²) in [4.78, 5) is 4.70. The van der Waals surface area contributed by atoms with Gasteiger partial charge in [-0.15, -0.1) is 11.3 Å². The van der Waals surface area contributed by atoms with Gasteiger partial charge in [-0.1, -0.05) is 42.5 Å². The van der Waals surface area contributed by atoms with Crippen LogP contribution in [0.5, 0.6) is 0 Å². The second-order valence-corrected chi connectivity index (χ2v) is 5.81. The first kappa shape index (κ1) is 12.9. The number of hydrogen-bond acceptors (Lipinski definition) is 3. The van der Waals surface area contributed by atoms with Crippen LogP contribution >= 0.6 is 11.3 Å². The highest BCUT2D eigenvalue weighted by molar-refractivity contribution is 7.10. The fraction of sp³-hybridized carbons (Fsp3) is 0.118. The molecule has 1 heterocycles. The molecule has 0 unspecified atom stereocenters. The lowest BCUT2D eigenvalue weighted by Crippen LogP contribution is -1.96. The maximum absolute atomic E-state index is 6.06. The first-order valence-corrected chi connectivity index (χ1v) is 7.45. The van der Waals surface area contributed by atoms with Crippen LogP contribution in [0.2, 0.25) is 0 Å². The lowest BCUT2D eigenvalue weighted by Gasteiger charge is -2.04. The summed E-state index contributed by atoms with van der Waals surface area (Å²) in [7, 11) is 0. The number of benzene rings is 2. The molecule has 100 valence electrons. The van der Waals surface area contributed by atoms with E-state index in [0.29, 0.717) is 0 Å². The second kappa shape index (κ2) is 5.47. The van der Waals surface area contributed by atoms with E-state index >= 15 is 0 Å². The molecule has 0 saturated heterocycles. The van der Waals surface area contributed by atoms with Gasteiger partial charge in [0.2, 0.25) is 0 Å². The number of aromatic nitrogens is 1. The van der Waals surface area contributed by atoms with E-state index in [4.69, 9.17) is 10.7 Å². The number of aryl methyl sites for hydroxylation is 1. The minimum atomic E-state index is 0.795. The average molecular weight is 280 g/mol. The summed E-state index contributed by atoms with van der Waals surface area (Å²) in [5.74, 6) is 0. The molecule has 2 N–H and O–H groups in total. The van der Waals surface area contributed by atoms with Crippen molar-refractivity contribution >= 4 is 17.0 Å². The molecule has 3 heteroatoms. The van der Waals surface area contributed by atoms with Gasteiger partial charge in [0.1, 0.15) is 0 Å². The highest BCUT2D eigenvalue weighted by Crippen LogP contribution is 2.25. The number of nitrogen functional groups attached to an aromatic ring is 1. The van der Waals surface area contributed by atoms with E-state index < -0.39 is 0 Å². The number of hydrogen-bond donors (Lipinski definition) is 1. The number of nitrogens with two attached hydrogens (primary N) is 1. The molecular formula is C17H16N2S. The van der Waals surface area contributed by atoms with Gasteiger partial charge in [0, 0.05) is 23.1 Å². The molecule has 0 amide bonds. The maximum Gasteiger partial charge on any atom is 0.0977 e. The van der Waals surface area contributed by atoms with E-state index in [1.165, 1.54) is 5.56 Å². The van der Waals surface area contributed by atoms with Crippen molar-refractivity contribution in [2.75, 3.05) is 5.73 Å². The van der Waals surface area contributed by atoms with Crippen molar-refractivity contribution in [2.24, 2.45) is 0 Å². The quantitative estimate of drug-likeness (QED) is 0.727. The predicted molar refractivity (Wildman–Crippen MR) is 85.9 cm³/mol. The summed E-state index contributed by atoms with van der Waals surface area (Å²) in [6, 6.07) is 16.5. The second-order valence-electron chi connectivity index (χ2n) is 4.87. The highest BCUT2D eigenvalue weighted by atomic mass is 32.1. The van der Waals surface area contributed by atoms with Gasteiger partial charge >= 0.3 is 0 Å². The SMILES string of the molecule is Cc1ccc(Cc2nc(-c3ccccc3)cs2)c(N)c1. The van der Waals surface area contributed by atoms with Gasteiger partial charge in [0.15, 0.2) is 0 Å². The summed E-state index contributed by atoms with van der Waals surface area (Å²) in [5, 5.41) is 3.20. The topological polar surface area (TPSA) is 38.9 Å². The van der Waals surface area contributed by atoms with E-state index in [1.54, 1.807) is 11.3 Å². The standard InChI is InChI=1S/C17H16N2S/c1-12-7-8-14(15(18)9-12)10-17-19-16(11-20-17)13-5-3-2-4-6-13/h2-9,11H,10,18H2,1H3. The number of rotatable bonds is 3. The summed E-state index contributed by atoms with van der Waals surface area (Å²) < 4.78 is 0. The van der Waals surface area contributed by atoms with Gasteiger partial charge in [-0.05, 0) is 24.1 Å². The molecule has 0 aliphatic carbocycles. The molecule has 20 heavy (non-hydrogen) atoms. The molecular weight excluding hydrogens is 264 g/mol. The molecule has 0 bridgehead atoms. The molecule has 0 fully saturated rings. The van der Waals surface area contributed by atoms with Crippen molar-refractivity contribution in [3.8, 4) is 11.3 Å². The Kier molecular flexibility index (Phi) is 3.52. The molecule has 2 nitrogen and oxygen atoms in total. The lowest BCUT2D eigenvalue weighted by atomic mass is 10.1. The minimum Gasteiger partial charge on any atom is -0.398 e. The van der Waals surface area contributed by atoms with Gasteiger partial charge in [-0.2, -0.15) is 0 Å². The van der Waals surface area contributed by atoms with Crippen LogP contribution in [0.4, 0.5) is 5.69 Å². The third-order valence-corrected chi connectivity index (χ3v) is 4.11. The fourth-order valence-corrected chi connectivity index (χ4v) is 3.00. The normalized spacial score (nSPS) is 10.7. The van der Waals surface area contributed by atoms with E-state index in [0.717, 1.165) is 33.9 Å². The zero-order valence-corrected chi connectivity index (χ0v) is 12.2. The van der Waals surface area contributed by atoms with Crippen molar-refractivity contribution in [1.82, 2.24) is 4.98 Å². The van der Waals surface area contributed by atoms with Crippen molar-refractivity contribution in [2.45, 2.75) is 13.3 Å². The number of thiazole rings is 1. The average Bonchev–Trinajstić information content (AvgIpc) is 2.92. The maximum atomic E-state index is 6.06. The van der Waals surface area contributed by atoms with E-state index in [2.05, 4.69) is 36.6 Å². The van der Waals surface area contributed by atoms with Crippen LogP contribution in [0.3, 0.4) is 0 Å². The Morgan fingerprint density at radius 1 is 1.10 bits per heavy atom. The minimum absolute atomic E-state index is 0.795. The summed E-state index contributed by atoms with van der Waals surface area (Å²) in [6.45, 7) is 2.05. The summed E-state index contributed by atoms with van der Waals surface area (Å²) in [6.07, 6.45) is 0.795. The molecule has 0 aliphatic rings. The van der Waals surface area contributed by atoms with Gasteiger partial charge < -0.3 is 5.73 Å². The zero-order chi connectivity index (χ0) is 13.9. The van der Waals surface area contributed by atoms with Crippen molar-refractivity contribution in [3.63, 3.8) is 0 Å². The van der Waals surface area contributed by atoms with Crippen LogP contribution < -0.4 is 5.73 Å². The zero-order valence-electron chi connectivity index (χ0n) is 11.3. The molecule has 3 aromatic rings. The smallest absolute Gasteiger partial charge is 0.0977 e. The predicted octanol–water partition coefficient (Wildman–Crippen LogP) is 4.29. The van der Waals surface area contributed by atoms with Crippen LogP contribution in [0, 0.1) is 6.92 Å². The number of nitrogens with zero attached hydrogens (tertiary/aromatic N) is 1. The van der Waals surface area contributed by atoms with Crippen LogP contribution in [0.15, 0.2) is 53.9 Å². The van der Waals surface area contributed by atoms with E-state index in [1.807, 2.05) is 24.3 Å². The molecule has 1 aromatic heterocycles. The third kappa shape index (κ3) is 2.73. The molecule has 2 aromatic carbocycles. The first-order chi connectivity index (χ1) is 9.72. The first-order valence-electron chi connectivity index (χ1n) is 6.57. The molecule has 3 rings (SSSR count). The lowest BCUT2D eigenvalue weighted by molar-refractivity contribution is 1.14. The Balaban J connectivity index is 1.84. The number of anilines is 1. The van der Waals surface area contributed by atoms with Crippen LogP contribution in [0.25, 0.3) is 11.3 Å². The monoisotopic (exact) mass is 280 g/mol. The van der Waals surface area contributed by atoms with Crippen molar-refractivity contribution in [3.05, 3.63) is 70.0 Å². The Morgan fingerprint density at radius 3 is 2.65 bits per heavy atom. The molecule has 0 spiro atoms. The Morgan fingerprint density at radius 2 is 1.90 bits per heavy atom. The highest BCUT2D eigenvalue weighted by Gasteiger charge is 2.07. The Hall–Kier alpha value is -2.13. The van der Waals surface area contributed by atoms with Crippen molar-refractivity contribution in [1.29, 1.82) is 0 Å². The summed E-state index contributed by atoms with van der Waals surface area (Å²) >= 11 is 1.69. The largest absolute Gasteiger partial charge is 0.398 e. The van der Waals surface area contributed by atoms with Gasteiger partial charge in [0.25, 0.3) is 0 Å². The van der Waals surface area contributed by atoms with E-state index in [-0.39, 0.29) is 0 Å². The Bertz CT molecular complexity index is 717. The molecule has 0 atom stereocenters. The molecule has 0 radical (unpaired) electrons. The molecule has 0 aliphatic heterocycles.